The Balaban J connectivity index is 1.96. The van der Waals surface area contributed by atoms with Crippen LogP contribution >= 0.6 is 0 Å². The van der Waals surface area contributed by atoms with Gasteiger partial charge in [0.2, 0.25) is 0 Å². The van der Waals surface area contributed by atoms with Crippen LogP contribution < -0.4 is 0 Å². The van der Waals surface area contributed by atoms with Crippen molar-refractivity contribution in [2.45, 2.75) is 51.7 Å². The average molecular weight is 268 g/mol. The summed E-state index contributed by atoms with van der Waals surface area (Å²) in [4.78, 5) is 11.8. The number of aliphatic hydroxyl groups is 2. The third-order valence-corrected chi connectivity index (χ3v) is 6.11. The average Bonchev–Trinajstić information content (AvgIpc) is 2.78. The number of hydrogen-bond donors (Lipinski definition) is 2. The van der Waals surface area contributed by atoms with Gasteiger partial charge in [0.05, 0.1) is 18.6 Å². The third kappa shape index (κ3) is 1.76. The number of fused-ring (bicyclic) bond motifs is 2. The SMILES string of the molecule is C[C@@H]1C(=O)O[C@@H]2C[C@H](C)[C@@H]3CC[C@H](O)[C@@]3(CO)C[C@H]12. The van der Waals surface area contributed by atoms with Crippen molar-refractivity contribution in [2.24, 2.45) is 29.1 Å². The lowest BCUT2D eigenvalue weighted by Gasteiger charge is -2.39. The molecule has 0 unspecified atom stereocenters. The molecule has 7 atom stereocenters. The van der Waals surface area contributed by atoms with E-state index in [9.17, 15) is 15.0 Å². The second-order valence-corrected chi connectivity index (χ2v) is 6.94. The van der Waals surface area contributed by atoms with E-state index in [1.807, 2.05) is 6.92 Å². The molecular weight excluding hydrogens is 244 g/mol. The Bertz CT molecular complexity index is 382. The van der Waals surface area contributed by atoms with Gasteiger partial charge in [-0.3, -0.25) is 4.79 Å². The van der Waals surface area contributed by atoms with Gasteiger partial charge in [-0.05, 0) is 37.5 Å². The topological polar surface area (TPSA) is 66.8 Å². The second kappa shape index (κ2) is 4.45. The molecule has 1 aliphatic heterocycles. The van der Waals surface area contributed by atoms with Gasteiger partial charge in [-0.2, -0.15) is 0 Å². The molecule has 0 aromatic carbocycles. The minimum absolute atomic E-state index is 0.0151. The minimum atomic E-state index is -0.438. The number of rotatable bonds is 1. The van der Waals surface area contributed by atoms with Crippen molar-refractivity contribution >= 4 is 5.97 Å². The van der Waals surface area contributed by atoms with Crippen LogP contribution in [0.1, 0.15) is 39.5 Å². The molecule has 0 aromatic heterocycles. The van der Waals surface area contributed by atoms with Crippen molar-refractivity contribution < 1.29 is 19.7 Å². The highest BCUT2D eigenvalue weighted by atomic mass is 16.6. The molecule has 3 aliphatic rings. The van der Waals surface area contributed by atoms with Crippen molar-refractivity contribution in [3.8, 4) is 0 Å². The van der Waals surface area contributed by atoms with E-state index in [4.69, 9.17) is 4.74 Å². The summed E-state index contributed by atoms with van der Waals surface area (Å²) in [5.41, 5.74) is -0.416. The lowest BCUT2D eigenvalue weighted by molar-refractivity contribution is -0.144. The largest absolute Gasteiger partial charge is 0.462 e. The normalized spacial score (nSPS) is 53.4. The number of esters is 1. The van der Waals surface area contributed by atoms with Gasteiger partial charge in [0.15, 0.2) is 0 Å². The van der Waals surface area contributed by atoms with Gasteiger partial charge in [0.1, 0.15) is 6.10 Å². The van der Waals surface area contributed by atoms with Gasteiger partial charge in [-0.15, -0.1) is 0 Å². The van der Waals surface area contributed by atoms with Crippen LogP contribution in [0.4, 0.5) is 0 Å². The zero-order chi connectivity index (χ0) is 13.8. The molecule has 19 heavy (non-hydrogen) atoms. The van der Waals surface area contributed by atoms with E-state index in [0.29, 0.717) is 11.8 Å². The van der Waals surface area contributed by atoms with E-state index in [1.54, 1.807) is 0 Å². The molecule has 1 saturated heterocycles. The molecule has 108 valence electrons. The van der Waals surface area contributed by atoms with Crippen LogP contribution in [0.5, 0.6) is 0 Å². The van der Waals surface area contributed by atoms with E-state index >= 15 is 0 Å². The number of carbonyl (C=O) groups is 1. The predicted octanol–water partition coefficient (Wildman–Crippen LogP) is 1.34. The molecule has 1 heterocycles. The van der Waals surface area contributed by atoms with Crippen molar-refractivity contribution in [1.82, 2.24) is 0 Å². The summed E-state index contributed by atoms with van der Waals surface area (Å²) >= 11 is 0. The van der Waals surface area contributed by atoms with E-state index < -0.39 is 11.5 Å². The Hall–Kier alpha value is -0.610. The molecule has 2 aliphatic carbocycles. The number of ether oxygens (including phenoxy) is 1. The fourth-order valence-corrected chi connectivity index (χ4v) is 4.93. The Morgan fingerprint density at radius 3 is 2.79 bits per heavy atom. The van der Waals surface area contributed by atoms with E-state index in [0.717, 1.165) is 25.7 Å². The van der Waals surface area contributed by atoms with Crippen LogP contribution in [0.15, 0.2) is 0 Å². The molecule has 2 N–H and O–H groups in total. The van der Waals surface area contributed by atoms with Gasteiger partial charge in [-0.25, -0.2) is 0 Å². The van der Waals surface area contributed by atoms with E-state index in [1.165, 1.54) is 0 Å². The Morgan fingerprint density at radius 2 is 2.11 bits per heavy atom. The summed E-state index contributed by atoms with van der Waals surface area (Å²) in [5, 5.41) is 20.4. The zero-order valence-electron chi connectivity index (χ0n) is 11.7. The van der Waals surface area contributed by atoms with E-state index in [-0.39, 0.29) is 30.5 Å². The molecular formula is C15H24O4. The van der Waals surface area contributed by atoms with Crippen molar-refractivity contribution in [3.63, 3.8) is 0 Å². The molecule has 3 fully saturated rings. The van der Waals surface area contributed by atoms with Gasteiger partial charge in [0, 0.05) is 11.3 Å². The highest BCUT2D eigenvalue weighted by molar-refractivity contribution is 5.74. The van der Waals surface area contributed by atoms with Crippen LogP contribution in [0, 0.1) is 29.1 Å². The molecule has 4 nitrogen and oxygen atoms in total. The van der Waals surface area contributed by atoms with Gasteiger partial charge in [-0.1, -0.05) is 13.8 Å². The van der Waals surface area contributed by atoms with Gasteiger partial charge < -0.3 is 14.9 Å². The Kier molecular flexibility index (Phi) is 3.13. The van der Waals surface area contributed by atoms with Crippen molar-refractivity contribution in [1.29, 1.82) is 0 Å². The lowest BCUT2D eigenvalue weighted by Crippen LogP contribution is -2.42. The van der Waals surface area contributed by atoms with Crippen LogP contribution in [-0.2, 0) is 9.53 Å². The summed E-state index contributed by atoms with van der Waals surface area (Å²) in [7, 11) is 0. The molecule has 0 spiro atoms. The molecule has 0 amide bonds. The summed E-state index contributed by atoms with van der Waals surface area (Å²) in [5.74, 6) is 0.676. The molecule has 3 rings (SSSR count). The molecule has 4 heteroatoms. The summed E-state index contributed by atoms with van der Waals surface area (Å²) in [6.07, 6.45) is 2.89. The number of aliphatic hydroxyl groups excluding tert-OH is 2. The number of carbonyl (C=O) groups excluding carboxylic acids is 1. The van der Waals surface area contributed by atoms with Crippen molar-refractivity contribution in [2.75, 3.05) is 6.61 Å². The first-order valence-electron chi connectivity index (χ1n) is 7.49. The highest BCUT2D eigenvalue weighted by Crippen LogP contribution is 2.57. The van der Waals surface area contributed by atoms with Crippen LogP contribution in [0.3, 0.4) is 0 Å². The molecule has 0 radical (unpaired) electrons. The van der Waals surface area contributed by atoms with Crippen LogP contribution in [0.2, 0.25) is 0 Å². The summed E-state index contributed by atoms with van der Waals surface area (Å²) < 4.78 is 5.52. The first kappa shape index (κ1) is 13.4. The van der Waals surface area contributed by atoms with Gasteiger partial charge in [0.25, 0.3) is 0 Å². The standard InChI is InChI=1S/C15H24O4/c1-8-5-12-10(9(2)14(18)19-12)6-15(7-16)11(8)3-4-13(15)17/h8-13,16-17H,3-7H2,1-2H3/t8-,9-,10+,11-,12+,13-,15+/m0/s1. The molecule has 2 saturated carbocycles. The monoisotopic (exact) mass is 268 g/mol. The maximum absolute atomic E-state index is 11.8. The van der Waals surface area contributed by atoms with Crippen LogP contribution in [-0.4, -0.2) is 35.0 Å². The molecule has 0 bridgehead atoms. The summed E-state index contributed by atoms with van der Waals surface area (Å²) in [6.45, 7) is 4.12. The summed E-state index contributed by atoms with van der Waals surface area (Å²) in [6, 6.07) is 0. The Labute approximate surface area is 114 Å². The molecule has 0 aromatic rings. The lowest BCUT2D eigenvalue weighted by atomic mass is 9.68. The van der Waals surface area contributed by atoms with Crippen molar-refractivity contribution in [3.05, 3.63) is 0 Å². The maximum Gasteiger partial charge on any atom is 0.309 e. The highest BCUT2D eigenvalue weighted by Gasteiger charge is 2.58. The fourth-order valence-electron chi connectivity index (χ4n) is 4.93. The van der Waals surface area contributed by atoms with Gasteiger partial charge >= 0.3 is 5.97 Å². The van der Waals surface area contributed by atoms with E-state index in [2.05, 4.69) is 6.92 Å². The second-order valence-electron chi connectivity index (χ2n) is 6.94. The Morgan fingerprint density at radius 1 is 1.37 bits per heavy atom. The van der Waals surface area contributed by atoms with Crippen LogP contribution in [0.25, 0.3) is 0 Å². The predicted molar refractivity (Wildman–Crippen MR) is 69.2 cm³/mol. The smallest absolute Gasteiger partial charge is 0.309 e. The maximum atomic E-state index is 11.8. The minimum Gasteiger partial charge on any atom is -0.462 e. The number of hydrogen-bond acceptors (Lipinski definition) is 4. The first-order valence-corrected chi connectivity index (χ1v) is 7.49. The fraction of sp³-hybridized carbons (Fsp3) is 0.933. The first-order chi connectivity index (χ1) is 8.99. The zero-order valence-corrected chi connectivity index (χ0v) is 11.7. The quantitative estimate of drug-likeness (QED) is 0.704. The third-order valence-electron chi connectivity index (χ3n) is 6.11.